The van der Waals surface area contributed by atoms with Gasteiger partial charge in [-0.15, -0.1) is 0 Å². The second kappa shape index (κ2) is 6.99. The van der Waals surface area contributed by atoms with E-state index in [1.807, 2.05) is 0 Å². The number of rotatable bonds is 5. The number of ether oxygens (including phenoxy) is 1. The Morgan fingerprint density at radius 3 is 2.88 bits per heavy atom. The molecular formula is C17H19F2N3O4. The fourth-order valence-corrected chi connectivity index (χ4v) is 3.14. The topological polar surface area (TPSA) is 87.7 Å². The van der Waals surface area contributed by atoms with Crippen molar-refractivity contribution in [2.24, 2.45) is 0 Å². The first-order valence-electron chi connectivity index (χ1n) is 8.29. The molecule has 2 heterocycles. The Balaban J connectivity index is 1.70. The molecule has 26 heavy (non-hydrogen) atoms. The van der Waals surface area contributed by atoms with Crippen LogP contribution in [0.1, 0.15) is 25.3 Å². The average Bonchev–Trinajstić information content (AvgIpc) is 3.18. The molecule has 0 spiro atoms. The summed E-state index contributed by atoms with van der Waals surface area (Å²) in [6.45, 7) is 1.70. The van der Waals surface area contributed by atoms with Crippen LogP contribution in [-0.4, -0.2) is 48.5 Å². The molecule has 140 valence electrons. The van der Waals surface area contributed by atoms with Crippen molar-refractivity contribution < 1.29 is 27.9 Å². The summed E-state index contributed by atoms with van der Waals surface area (Å²) in [5.74, 6) is -2.92. The van der Waals surface area contributed by atoms with E-state index in [4.69, 9.17) is 4.74 Å². The molecule has 0 aliphatic carbocycles. The van der Waals surface area contributed by atoms with Crippen molar-refractivity contribution in [3.05, 3.63) is 35.4 Å². The summed E-state index contributed by atoms with van der Waals surface area (Å²) in [6, 6.07) is 1.81. The number of carbonyl (C=O) groups excluding carboxylic acids is 3. The monoisotopic (exact) mass is 367 g/mol. The molecule has 2 atom stereocenters. The summed E-state index contributed by atoms with van der Waals surface area (Å²) < 4.78 is 32.9. The molecule has 0 aromatic heterocycles. The Morgan fingerprint density at radius 1 is 1.42 bits per heavy atom. The van der Waals surface area contributed by atoms with Crippen molar-refractivity contribution in [1.29, 1.82) is 0 Å². The molecule has 0 radical (unpaired) electrons. The second-order valence-corrected chi connectivity index (χ2v) is 6.51. The lowest BCUT2D eigenvalue weighted by atomic mass is 9.91. The quantitative estimate of drug-likeness (QED) is 0.761. The predicted octanol–water partition coefficient (Wildman–Crippen LogP) is 1.03. The van der Waals surface area contributed by atoms with Crippen LogP contribution in [0.4, 0.5) is 13.6 Å². The summed E-state index contributed by atoms with van der Waals surface area (Å²) >= 11 is 0. The van der Waals surface area contributed by atoms with Gasteiger partial charge in [-0.2, -0.15) is 0 Å². The van der Waals surface area contributed by atoms with Crippen LogP contribution >= 0.6 is 0 Å². The highest BCUT2D eigenvalue weighted by atomic mass is 19.1. The van der Waals surface area contributed by atoms with E-state index in [1.54, 1.807) is 0 Å². The summed E-state index contributed by atoms with van der Waals surface area (Å²) in [5.41, 5.74) is -2.07. The number of halogens is 2. The number of hydrogen-bond donors (Lipinski definition) is 2. The number of benzene rings is 1. The predicted molar refractivity (Wildman–Crippen MR) is 85.9 cm³/mol. The molecule has 2 aliphatic rings. The van der Waals surface area contributed by atoms with Gasteiger partial charge in [0, 0.05) is 18.7 Å². The van der Waals surface area contributed by atoms with E-state index in [0.717, 1.165) is 31.0 Å². The number of imide groups is 1. The van der Waals surface area contributed by atoms with Crippen LogP contribution in [0, 0.1) is 11.6 Å². The van der Waals surface area contributed by atoms with E-state index >= 15 is 0 Å². The lowest BCUT2D eigenvalue weighted by Crippen LogP contribution is -2.44. The van der Waals surface area contributed by atoms with E-state index in [2.05, 4.69) is 10.6 Å². The van der Waals surface area contributed by atoms with Gasteiger partial charge < -0.3 is 15.4 Å². The molecular weight excluding hydrogens is 348 g/mol. The molecule has 0 unspecified atom stereocenters. The van der Waals surface area contributed by atoms with Crippen molar-refractivity contribution >= 4 is 17.8 Å². The van der Waals surface area contributed by atoms with Crippen molar-refractivity contribution in [3.8, 4) is 0 Å². The molecule has 2 fully saturated rings. The number of amides is 4. The molecule has 1 aromatic rings. The van der Waals surface area contributed by atoms with Gasteiger partial charge >= 0.3 is 6.03 Å². The van der Waals surface area contributed by atoms with E-state index < -0.39 is 41.6 Å². The van der Waals surface area contributed by atoms with E-state index in [0.29, 0.717) is 11.5 Å². The third-order valence-electron chi connectivity index (χ3n) is 4.59. The van der Waals surface area contributed by atoms with Crippen molar-refractivity contribution in [3.63, 3.8) is 0 Å². The molecule has 2 saturated heterocycles. The number of hydrogen-bond acceptors (Lipinski definition) is 4. The largest absolute Gasteiger partial charge is 0.376 e. The minimum atomic E-state index is -1.78. The number of nitrogens with one attached hydrogen (secondary N) is 2. The van der Waals surface area contributed by atoms with Gasteiger partial charge in [-0.25, -0.2) is 13.6 Å². The fourth-order valence-electron chi connectivity index (χ4n) is 3.14. The third-order valence-corrected chi connectivity index (χ3v) is 4.59. The molecule has 3 rings (SSSR count). The third kappa shape index (κ3) is 3.39. The zero-order valence-electron chi connectivity index (χ0n) is 14.2. The summed E-state index contributed by atoms with van der Waals surface area (Å²) in [6.07, 6.45) is 1.68. The molecule has 0 saturated carbocycles. The van der Waals surface area contributed by atoms with E-state index in [9.17, 15) is 23.2 Å². The van der Waals surface area contributed by atoms with Crippen LogP contribution in [0.15, 0.2) is 18.2 Å². The number of nitrogens with zero attached hydrogens (tertiary/aromatic N) is 1. The molecule has 4 amide bonds. The molecule has 2 aliphatic heterocycles. The summed E-state index contributed by atoms with van der Waals surface area (Å²) in [4.78, 5) is 37.5. The van der Waals surface area contributed by atoms with Crippen LogP contribution < -0.4 is 10.6 Å². The zero-order valence-corrected chi connectivity index (χ0v) is 14.2. The van der Waals surface area contributed by atoms with Crippen LogP contribution in [0.3, 0.4) is 0 Å². The normalized spacial score (nSPS) is 25.5. The summed E-state index contributed by atoms with van der Waals surface area (Å²) in [5, 5.41) is 4.95. The lowest BCUT2D eigenvalue weighted by Gasteiger charge is -2.22. The van der Waals surface area contributed by atoms with Gasteiger partial charge in [0.15, 0.2) is 0 Å². The van der Waals surface area contributed by atoms with Crippen LogP contribution in [-0.2, 0) is 19.9 Å². The zero-order chi connectivity index (χ0) is 18.9. The van der Waals surface area contributed by atoms with Gasteiger partial charge in [-0.1, -0.05) is 0 Å². The smallest absolute Gasteiger partial charge is 0.325 e. The van der Waals surface area contributed by atoms with Gasteiger partial charge in [0.2, 0.25) is 5.91 Å². The number of urea groups is 1. The van der Waals surface area contributed by atoms with Gasteiger partial charge in [0.05, 0.1) is 6.10 Å². The molecule has 9 heteroatoms. The first-order valence-corrected chi connectivity index (χ1v) is 8.29. The van der Waals surface area contributed by atoms with Gasteiger partial charge in [0.1, 0.15) is 23.7 Å². The van der Waals surface area contributed by atoms with Crippen LogP contribution in [0.25, 0.3) is 0 Å². The molecule has 0 bridgehead atoms. The average molecular weight is 367 g/mol. The maximum atomic E-state index is 14.1. The van der Waals surface area contributed by atoms with Gasteiger partial charge in [-0.3, -0.25) is 14.5 Å². The van der Waals surface area contributed by atoms with Gasteiger partial charge in [-0.05, 0) is 38.0 Å². The first kappa shape index (κ1) is 18.2. The maximum absolute atomic E-state index is 14.1. The minimum Gasteiger partial charge on any atom is -0.376 e. The SMILES string of the molecule is C[C@]1(c2cc(F)ccc2F)NC(=O)N(CC(=O)NC[C@H]2CCCO2)C1=O. The highest BCUT2D eigenvalue weighted by molar-refractivity contribution is 6.09. The lowest BCUT2D eigenvalue weighted by molar-refractivity contribution is -0.135. The minimum absolute atomic E-state index is 0.0753. The van der Waals surface area contributed by atoms with Crippen LogP contribution in [0.2, 0.25) is 0 Å². The fraction of sp³-hybridized carbons (Fsp3) is 0.471. The Morgan fingerprint density at radius 2 is 2.19 bits per heavy atom. The number of carbonyl (C=O) groups is 3. The van der Waals surface area contributed by atoms with E-state index in [-0.39, 0.29) is 18.2 Å². The Labute approximate surface area is 148 Å². The van der Waals surface area contributed by atoms with Crippen LogP contribution in [0.5, 0.6) is 0 Å². The standard InChI is InChI=1S/C17H19F2N3O4/c1-17(12-7-10(18)4-5-13(12)19)15(24)22(16(25)21-17)9-14(23)20-8-11-3-2-6-26-11/h4-5,7,11H,2-3,6,8-9H2,1H3,(H,20,23)(H,21,25)/t11-,17-/m1/s1. The second-order valence-electron chi connectivity index (χ2n) is 6.51. The van der Waals surface area contributed by atoms with Crippen molar-refractivity contribution in [2.45, 2.75) is 31.4 Å². The maximum Gasteiger partial charge on any atom is 0.325 e. The van der Waals surface area contributed by atoms with Gasteiger partial charge in [0.25, 0.3) is 5.91 Å². The Hall–Kier alpha value is -2.55. The molecule has 7 nitrogen and oxygen atoms in total. The Kier molecular flexibility index (Phi) is 4.90. The van der Waals surface area contributed by atoms with E-state index in [1.165, 1.54) is 6.92 Å². The Bertz CT molecular complexity index is 752. The molecule has 2 N–H and O–H groups in total. The summed E-state index contributed by atoms with van der Waals surface area (Å²) in [7, 11) is 0. The van der Waals surface area contributed by atoms with Crippen molar-refractivity contribution in [2.75, 3.05) is 19.7 Å². The highest BCUT2D eigenvalue weighted by Gasteiger charge is 2.50. The van der Waals surface area contributed by atoms with Crippen molar-refractivity contribution in [1.82, 2.24) is 15.5 Å². The molecule has 1 aromatic carbocycles. The first-order chi connectivity index (χ1) is 12.3. The highest BCUT2D eigenvalue weighted by Crippen LogP contribution is 2.31.